The van der Waals surface area contributed by atoms with Crippen LogP contribution < -0.4 is 0 Å². The first-order valence-electron chi connectivity index (χ1n) is 5.88. The summed E-state index contributed by atoms with van der Waals surface area (Å²) < 4.78 is 0. The van der Waals surface area contributed by atoms with Gasteiger partial charge in [-0.05, 0) is 13.3 Å². The summed E-state index contributed by atoms with van der Waals surface area (Å²) in [4.78, 5) is 26.1. The second kappa shape index (κ2) is 4.27. The molecule has 0 bridgehead atoms. The van der Waals surface area contributed by atoms with Crippen molar-refractivity contribution in [2.75, 3.05) is 26.2 Å². The van der Waals surface area contributed by atoms with Gasteiger partial charge in [0.2, 0.25) is 5.91 Å². The number of carboxylic acid groups (broad SMARTS) is 1. The third kappa shape index (κ3) is 2.42. The number of amides is 1. The normalized spacial score (nSPS) is 28.9. The van der Waals surface area contributed by atoms with E-state index in [0.717, 1.165) is 6.42 Å². The third-order valence-corrected chi connectivity index (χ3v) is 3.57. The van der Waals surface area contributed by atoms with Gasteiger partial charge in [0.05, 0.1) is 0 Å². The number of carbonyl (C=O) groups excluding carboxylic acids is 1. The number of nitrogens with zero attached hydrogens (tertiary/aromatic N) is 2. The summed E-state index contributed by atoms with van der Waals surface area (Å²) in [5, 5.41) is 18.6. The molecule has 1 amide bonds. The number of aliphatic carboxylic acids is 1. The molecule has 2 heterocycles. The minimum atomic E-state index is -1.72. The van der Waals surface area contributed by atoms with Crippen molar-refractivity contribution >= 4 is 11.9 Å². The minimum Gasteiger partial charge on any atom is -0.479 e. The lowest BCUT2D eigenvalue weighted by Crippen LogP contribution is -2.56. The van der Waals surface area contributed by atoms with Crippen LogP contribution in [0.2, 0.25) is 0 Å². The van der Waals surface area contributed by atoms with Crippen molar-refractivity contribution in [3.63, 3.8) is 0 Å². The molecule has 2 rings (SSSR count). The highest BCUT2D eigenvalue weighted by molar-refractivity contribution is 5.79. The molecule has 0 radical (unpaired) electrons. The lowest BCUT2D eigenvalue weighted by atomic mass is 10.1. The standard InChI is InChI=1S/C11H18N2O4/c1-11(17,10(15)16)7-12-4-5-13-8(6-12)2-3-9(13)14/h8,17H,2-7H2,1H3,(H,15,16). The van der Waals surface area contributed by atoms with Crippen LogP contribution >= 0.6 is 0 Å². The van der Waals surface area contributed by atoms with Crippen molar-refractivity contribution in [3.05, 3.63) is 0 Å². The Labute approximate surface area is 99.8 Å². The number of β-amino-alcohol motifs (C(OH)–C–C–N with tert-alkyl or cyclic N) is 1. The molecule has 2 unspecified atom stereocenters. The average molecular weight is 242 g/mol. The Morgan fingerprint density at radius 1 is 1.53 bits per heavy atom. The molecular formula is C11H18N2O4. The maximum atomic E-state index is 11.5. The van der Waals surface area contributed by atoms with Gasteiger partial charge in [-0.15, -0.1) is 0 Å². The second-order valence-electron chi connectivity index (χ2n) is 5.09. The van der Waals surface area contributed by atoms with E-state index in [2.05, 4.69) is 0 Å². The van der Waals surface area contributed by atoms with Crippen LogP contribution in [0.5, 0.6) is 0 Å². The summed E-state index contributed by atoms with van der Waals surface area (Å²) in [7, 11) is 0. The molecule has 2 fully saturated rings. The molecule has 6 heteroatoms. The molecule has 0 spiro atoms. The van der Waals surface area contributed by atoms with E-state index >= 15 is 0 Å². The van der Waals surface area contributed by atoms with E-state index in [-0.39, 0.29) is 18.5 Å². The van der Waals surface area contributed by atoms with Gasteiger partial charge in [-0.2, -0.15) is 0 Å². The van der Waals surface area contributed by atoms with Gasteiger partial charge in [0.15, 0.2) is 5.60 Å². The Kier molecular flexibility index (Phi) is 3.09. The van der Waals surface area contributed by atoms with Gasteiger partial charge in [0.25, 0.3) is 0 Å². The Hall–Kier alpha value is -1.14. The first-order valence-corrected chi connectivity index (χ1v) is 5.88. The van der Waals surface area contributed by atoms with Gasteiger partial charge >= 0.3 is 5.97 Å². The topological polar surface area (TPSA) is 81.1 Å². The third-order valence-electron chi connectivity index (χ3n) is 3.57. The Morgan fingerprint density at radius 2 is 2.24 bits per heavy atom. The zero-order valence-corrected chi connectivity index (χ0v) is 9.93. The van der Waals surface area contributed by atoms with E-state index in [1.165, 1.54) is 6.92 Å². The van der Waals surface area contributed by atoms with Gasteiger partial charge < -0.3 is 15.1 Å². The van der Waals surface area contributed by atoms with Gasteiger partial charge in [0, 0.05) is 38.6 Å². The first kappa shape index (κ1) is 12.3. The lowest BCUT2D eigenvalue weighted by Gasteiger charge is -2.39. The number of carbonyl (C=O) groups is 2. The van der Waals surface area contributed by atoms with E-state index in [9.17, 15) is 14.7 Å². The van der Waals surface area contributed by atoms with Crippen LogP contribution in [0.15, 0.2) is 0 Å². The van der Waals surface area contributed by atoms with Crippen LogP contribution in [-0.4, -0.2) is 69.7 Å². The van der Waals surface area contributed by atoms with Crippen molar-refractivity contribution in [1.29, 1.82) is 0 Å². The van der Waals surface area contributed by atoms with Crippen LogP contribution in [-0.2, 0) is 9.59 Å². The summed E-state index contributed by atoms with van der Waals surface area (Å²) in [6, 6.07) is 0.195. The van der Waals surface area contributed by atoms with E-state index in [1.807, 2.05) is 9.80 Å². The summed E-state index contributed by atoms with van der Waals surface area (Å²) >= 11 is 0. The number of hydrogen-bond donors (Lipinski definition) is 2. The zero-order valence-electron chi connectivity index (χ0n) is 9.93. The van der Waals surface area contributed by atoms with Crippen molar-refractivity contribution < 1.29 is 19.8 Å². The van der Waals surface area contributed by atoms with E-state index < -0.39 is 11.6 Å². The van der Waals surface area contributed by atoms with Crippen molar-refractivity contribution in [2.24, 2.45) is 0 Å². The number of hydrogen-bond acceptors (Lipinski definition) is 4. The number of aliphatic hydroxyl groups is 1. The maximum absolute atomic E-state index is 11.5. The molecule has 96 valence electrons. The van der Waals surface area contributed by atoms with E-state index in [0.29, 0.717) is 26.1 Å². The van der Waals surface area contributed by atoms with Crippen LogP contribution in [0.1, 0.15) is 19.8 Å². The monoisotopic (exact) mass is 242 g/mol. The largest absolute Gasteiger partial charge is 0.479 e. The molecular weight excluding hydrogens is 224 g/mol. The smallest absolute Gasteiger partial charge is 0.336 e. The van der Waals surface area contributed by atoms with Crippen LogP contribution in [0, 0.1) is 0 Å². The quantitative estimate of drug-likeness (QED) is 0.672. The predicted molar refractivity (Wildman–Crippen MR) is 59.4 cm³/mol. The SMILES string of the molecule is CC(O)(CN1CCN2C(=O)CCC2C1)C(=O)O. The summed E-state index contributed by atoms with van der Waals surface area (Å²) in [5.41, 5.74) is -1.72. The Bertz CT molecular complexity index is 342. The number of carboxylic acids is 1. The summed E-state index contributed by atoms with van der Waals surface area (Å²) in [6.45, 7) is 3.35. The van der Waals surface area contributed by atoms with Crippen molar-refractivity contribution in [3.8, 4) is 0 Å². The van der Waals surface area contributed by atoms with Gasteiger partial charge in [-0.1, -0.05) is 0 Å². The highest BCUT2D eigenvalue weighted by Gasteiger charge is 2.39. The van der Waals surface area contributed by atoms with Crippen LogP contribution in [0.25, 0.3) is 0 Å². The molecule has 2 N–H and O–H groups in total. The fourth-order valence-corrected chi connectivity index (χ4v) is 2.58. The Morgan fingerprint density at radius 3 is 2.88 bits per heavy atom. The lowest BCUT2D eigenvalue weighted by molar-refractivity contribution is -0.159. The molecule has 0 aromatic carbocycles. The molecule has 2 atom stereocenters. The first-order chi connectivity index (χ1) is 7.90. The van der Waals surface area contributed by atoms with Gasteiger partial charge in [-0.25, -0.2) is 4.79 Å². The van der Waals surface area contributed by atoms with Gasteiger partial charge in [-0.3, -0.25) is 9.69 Å². The highest BCUT2D eigenvalue weighted by atomic mass is 16.4. The molecule has 17 heavy (non-hydrogen) atoms. The number of fused-ring (bicyclic) bond motifs is 1. The summed E-state index contributed by atoms with van der Waals surface area (Å²) in [6.07, 6.45) is 1.43. The number of piperazine rings is 1. The Balaban J connectivity index is 1.94. The molecule has 2 saturated heterocycles. The zero-order chi connectivity index (χ0) is 12.6. The molecule has 2 aliphatic rings. The van der Waals surface area contributed by atoms with Crippen molar-refractivity contribution in [1.82, 2.24) is 9.80 Å². The molecule has 0 saturated carbocycles. The average Bonchev–Trinajstić information content (AvgIpc) is 2.59. The number of rotatable bonds is 3. The van der Waals surface area contributed by atoms with Crippen molar-refractivity contribution in [2.45, 2.75) is 31.4 Å². The maximum Gasteiger partial charge on any atom is 0.336 e. The summed E-state index contributed by atoms with van der Waals surface area (Å²) in [5.74, 6) is -1.01. The minimum absolute atomic E-state index is 0.112. The molecule has 6 nitrogen and oxygen atoms in total. The molecule has 0 aromatic rings. The van der Waals surface area contributed by atoms with E-state index in [4.69, 9.17) is 5.11 Å². The fourth-order valence-electron chi connectivity index (χ4n) is 2.58. The predicted octanol–water partition coefficient (Wildman–Crippen LogP) is -0.871. The van der Waals surface area contributed by atoms with Crippen LogP contribution in [0.4, 0.5) is 0 Å². The second-order valence-corrected chi connectivity index (χ2v) is 5.09. The van der Waals surface area contributed by atoms with E-state index in [1.54, 1.807) is 0 Å². The molecule has 2 aliphatic heterocycles. The van der Waals surface area contributed by atoms with Gasteiger partial charge in [0.1, 0.15) is 0 Å². The highest BCUT2D eigenvalue weighted by Crippen LogP contribution is 2.23. The van der Waals surface area contributed by atoms with Crippen LogP contribution in [0.3, 0.4) is 0 Å². The molecule has 0 aliphatic carbocycles. The molecule has 0 aromatic heterocycles. The fraction of sp³-hybridized carbons (Fsp3) is 0.818.